The summed E-state index contributed by atoms with van der Waals surface area (Å²) >= 11 is 0. The Morgan fingerprint density at radius 3 is 2.24 bits per heavy atom. The molecule has 0 fully saturated rings. The van der Waals surface area contributed by atoms with Crippen LogP contribution in [0.4, 0.5) is 0 Å². The van der Waals surface area contributed by atoms with Gasteiger partial charge in [0, 0.05) is 19.6 Å². The van der Waals surface area contributed by atoms with Crippen LogP contribution in [-0.2, 0) is 6.54 Å². The first-order valence-corrected chi connectivity index (χ1v) is 9.79. The number of pyridine rings is 1. The Balaban J connectivity index is 2.08. The number of nitrogens with zero attached hydrogens (tertiary/aromatic N) is 2. The van der Waals surface area contributed by atoms with Crippen molar-refractivity contribution in [3.63, 3.8) is 0 Å². The fraction of sp³-hybridized carbons (Fsp3) is 0.409. The third-order valence-electron chi connectivity index (χ3n) is 4.38. The summed E-state index contributed by atoms with van der Waals surface area (Å²) in [5.41, 5.74) is 1.36. The maximum absolute atomic E-state index is 12.7. The Morgan fingerprint density at radius 1 is 0.966 bits per heavy atom. The lowest BCUT2D eigenvalue weighted by Gasteiger charge is -2.21. The number of carbonyl (C=O) groups is 2. The van der Waals surface area contributed by atoms with Crippen LogP contribution >= 0.6 is 0 Å². The molecular formula is C22H29N3O4. The Morgan fingerprint density at radius 2 is 1.62 bits per heavy atom. The maximum Gasteiger partial charge on any atom is 0.272 e. The number of hydrogen-bond acceptors (Lipinski definition) is 5. The van der Waals surface area contributed by atoms with Gasteiger partial charge in [0.15, 0.2) is 11.5 Å². The van der Waals surface area contributed by atoms with E-state index >= 15 is 0 Å². The van der Waals surface area contributed by atoms with Crippen LogP contribution < -0.4 is 14.8 Å². The summed E-state index contributed by atoms with van der Waals surface area (Å²) < 4.78 is 10.5. The van der Waals surface area contributed by atoms with Gasteiger partial charge in [-0.05, 0) is 42.7 Å². The summed E-state index contributed by atoms with van der Waals surface area (Å²) in [6.45, 7) is 5.70. The third-order valence-corrected chi connectivity index (χ3v) is 4.38. The number of carbonyl (C=O) groups excluding carboxylic acids is 2. The predicted octanol–water partition coefficient (Wildman–Crippen LogP) is 3.29. The number of ether oxygens (including phenoxy) is 2. The van der Waals surface area contributed by atoms with Crippen molar-refractivity contribution in [1.82, 2.24) is 15.2 Å². The van der Waals surface area contributed by atoms with Crippen LogP contribution in [0.25, 0.3) is 0 Å². The molecule has 0 atom stereocenters. The zero-order valence-corrected chi connectivity index (χ0v) is 17.5. The molecule has 0 aliphatic carbocycles. The quantitative estimate of drug-likeness (QED) is 0.663. The molecule has 7 nitrogen and oxygen atoms in total. The summed E-state index contributed by atoms with van der Waals surface area (Å²) in [7, 11) is 3.13. The monoisotopic (exact) mass is 399 g/mol. The summed E-state index contributed by atoms with van der Waals surface area (Å²) in [5, 5.41) is 2.83. The molecule has 0 aliphatic rings. The summed E-state index contributed by atoms with van der Waals surface area (Å²) in [6.07, 6.45) is 1.74. The second-order valence-corrected chi connectivity index (χ2v) is 6.57. The van der Waals surface area contributed by atoms with Crippen LogP contribution in [0.3, 0.4) is 0 Å². The van der Waals surface area contributed by atoms with Gasteiger partial charge in [0.25, 0.3) is 11.8 Å². The molecule has 2 amide bonds. The van der Waals surface area contributed by atoms with E-state index < -0.39 is 0 Å². The first-order valence-electron chi connectivity index (χ1n) is 9.79. The highest BCUT2D eigenvalue weighted by Gasteiger charge is 2.17. The Hall–Kier alpha value is -3.09. The molecule has 156 valence electrons. The van der Waals surface area contributed by atoms with Crippen molar-refractivity contribution in [3.8, 4) is 11.5 Å². The standard InChI is InChI=1S/C22H29N3O4/c1-5-12-25(13-6-2)22(27)18-9-7-8-17(24-18)21(26)23-15-16-10-11-19(28-3)20(14-16)29-4/h7-11,14H,5-6,12-13,15H2,1-4H3,(H,23,26). The lowest BCUT2D eigenvalue weighted by molar-refractivity contribution is 0.0749. The first kappa shape index (κ1) is 22.2. The van der Waals surface area contributed by atoms with E-state index in [1.165, 1.54) is 0 Å². The molecule has 0 bridgehead atoms. The number of rotatable bonds is 10. The van der Waals surface area contributed by atoms with Gasteiger partial charge in [-0.3, -0.25) is 9.59 Å². The van der Waals surface area contributed by atoms with Crippen molar-refractivity contribution in [2.24, 2.45) is 0 Å². The van der Waals surface area contributed by atoms with Crippen molar-refractivity contribution in [3.05, 3.63) is 53.3 Å². The summed E-state index contributed by atoms with van der Waals surface area (Å²) in [6, 6.07) is 10.4. The van der Waals surface area contributed by atoms with Crippen LogP contribution in [0.5, 0.6) is 11.5 Å². The summed E-state index contributed by atoms with van der Waals surface area (Å²) in [4.78, 5) is 31.3. The second kappa shape index (κ2) is 11.0. The van der Waals surface area contributed by atoms with Gasteiger partial charge in [0.05, 0.1) is 14.2 Å². The predicted molar refractivity (Wildman–Crippen MR) is 111 cm³/mol. The van der Waals surface area contributed by atoms with Crippen molar-refractivity contribution in [2.45, 2.75) is 33.2 Å². The van der Waals surface area contributed by atoms with Gasteiger partial charge in [0.2, 0.25) is 0 Å². The van der Waals surface area contributed by atoms with Crippen LogP contribution in [-0.4, -0.2) is 49.0 Å². The molecule has 1 aromatic carbocycles. The lowest BCUT2D eigenvalue weighted by Crippen LogP contribution is -2.33. The summed E-state index contributed by atoms with van der Waals surface area (Å²) in [5.74, 6) is 0.728. The lowest BCUT2D eigenvalue weighted by atomic mass is 10.2. The van der Waals surface area contributed by atoms with Crippen molar-refractivity contribution >= 4 is 11.8 Å². The molecule has 0 unspecified atom stereocenters. The van der Waals surface area contributed by atoms with E-state index in [9.17, 15) is 9.59 Å². The van der Waals surface area contributed by atoms with Crippen LogP contribution in [0, 0.1) is 0 Å². The topological polar surface area (TPSA) is 80.8 Å². The molecule has 2 aromatic rings. The Bertz CT molecular complexity index is 833. The van der Waals surface area contributed by atoms with Crippen molar-refractivity contribution in [2.75, 3.05) is 27.3 Å². The van der Waals surface area contributed by atoms with Crippen LogP contribution in [0.2, 0.25) is 0 Å². The van der Waals surface area contributed by atoms with E-state index in [0.29, 0.717) is 31.1 Å². The molecule has 1 heterocycles. The number of methoxy groups -OCH3 is 2. The van der Waals surface area contributed by atoms with Crippen LogP contribution in [0.1, 0.15) is 53.2 Å². The molecule has 1 aromatic heterocycles. The minimum Gasteiger partial charge on any atom is -0.493 e. The smallest absolute Gasteiger partial charge is 0.272 e. The number of amides is 2. The van der Waals surface area contributed by atoms with Gasteiger partial charge in [-0.15, -0.1) is 0 Å². The van der Waals surface area contributed by atoms with Crippen molar-refractivity contribution < 1.29 is 19.1 Å². The normalized spacial score (nSPS) is 10.3. The molecule has 29 heavy (non-hydrogen) atoms. The average Bonchev–Trinajstić information content (AvgIpc) is 2.76. The minimum absolute atomic E-state index is 0.150. The Labute approximate surface area is 172 Å². The highest BCUT2D eigenvalue weighted by atomic mass is 16.5. The highest BCUT2D eigenvalue weighted by Crippen LogP contribution is 2.27. The molecule has 2 rings (SSSR count). The molecule has 0 radical (unpaired) electrons. The Kier molecular flexibility index (Phi) is 8.45. The van der Waals surface area contributed by atoms with Gasteiger partial charge in [-0.1, -0.05) is 26.0 Å². The van der Waals surface area contributed by atoms with E-state index in [0.717, 1.165) is 18.4 Å². The van der Waals surface area contributed by atoms with E-state index in [4.69, 9.17) is 9.47 Å². The molecule has 0 saturated heterocycles. The van der Waals surface area contributed by atoms with E-state index in [1.807, 2.05) is 19.9 Å². The zero-order valence-electron chi connectivity index (χ0n) is 17.5. The largest absolute Gasteiger partial charge is 0.493 e. The molecule has 0 spiro atoms. The number of nitrogens with one attached hydrogen (secondary N) is 1. The number of benzene rings is 1. The van der Waals surface area contributed by atoms with Gasteiger partial charge < -0.3 is 19.7 Å². The van der Waals surface area contributed by atoms with E-state index in [-0.39, 0.29) is 23.2 Å². The van der Waals surface area contributed by atoms with E-state index in [2.05, 4.69) is 10.3 Å². The van der Waals surface area contributed by atoms with Gasteiger partial charge in [0.1, 0.15) is 11.4 Å². The highest BCUT2D eigenvalue weighted by molar-refractivity contribution is 5.96. The molecule has 7 heteroatoms. The number of aromatic nitrogens is 1. The average molecular weight is 399 g/mol. The zero-order chi connectivity index (χ0) is 21.2. The van der Waals surface area contributed by atoms with Gasteiger partial charge in [-0.2, -0.15) is 0 Å². The van der Waals surface area contributed by atoms with Gasteiger partial charge >= 0.3 is 0 Å². The third kappa shape index (κ3) is 5.94. The first-order chi connectivity index (χ1) is 14.0. The molecule has 0 saturated carbocycles. The van der Waals surface area contributed by atoms with E-state index in [1.54, 1.807) is 49.5 Å². The fourth-order valence-corrected chi connectivity index (χ4v) is 2.96. The second-order valence-electron chi connectivity index (χ2n) is 6.57. The molecule has 1 N–H and O–H groups in total. The van der Waals surface area contributed by atoms with Gasteiger partial charge in [-0.25, -0.2) is 4.98 Å². The minimum atomic E-state index is -0.341. The fourth-order valence-electron chi connectivity index (χ4n) is 2.96. The maximum atomic E-state index is 12.7. The number of hydrogen-bond donors (Lipinski definition) is 1. The van der Waals surface area contributed by atoms with Crippen LogP contribution in [0.15, 0.2) is 36.4 Å². The molecule has 0 aliphatic heterocycles. The van der Waals surface area contributed by atoms with Crippen molar-refractivity contribution in [1.29, 1.82) is 0 Å². The SMILES string of the molecule is CCCN(CCC)C(=O)c1cccc(C(=O)NCc2ccc(OC)c(OC)c2)n1. The molecular weight excluding hydrogens is 370 g/mol.